The number of halogens is 1. The maximum absolute atomic E-state index is 14.4. The van der Waals surface area contributed by atoms with Crippen LogP contribution in [0.3, 0.4) is 0 Å². The van der Waals surface area contributed by atoms with E-state index in [9.17, 15) is 14.0 Å². The van der Waals surface area contributed by atoms with E-state index in [4.69, 9.17) is 10.5 Å². The highest BCUT2D eigenvalue weighted by molar-refractivity contribution is 5.99. The fourth-order valence-electron chi connectivity index (χ4n) is 2.45. The number of amides is 3. The number of ether oxygens (including phenoxy) is 1. The van der Waals surface area contributed by atoms with Gasteiger partial charge in [-0.05, 0) is 18.2 Å². The van der Waals surface area contributed by atoms with Crippen LogP contribution in [0.25, 0.3) is 0 Å². The highest BCUT2D eigenvalue weighted by Crippen LogP contribution is 2.26. The van der Waals surface area contributed by atoms with E-state index < -0.39 is 17.8 Å². The normalized spacial score (nSPS) is 11.1. The van der Waals surface area contributed by atoms with Crippen LogP contribution in [0, 0.1) is 5.82 Å². The Bertz CT molecular complexity index is 1090. The van der Waals surface area contributed by atoms with Crippen molar-refractivity contribution in [3.8, 4) is 11.5 Å². The predicted octanol–water partition coefficient (Wildman–Crippen LogP) is 3.78. The van der Waals surface area contributed by atoms with Crippen LogP contribution >= 0.6 is 0 Å². The molecule has 0 atom stereocenters. The molecule has 3 rings (SSSR count). The molecule has 1 aromatic carbocycles. The van der Waals surface area contributed by atoms with Crippen LogP contribution in [0.15, 0.2) is 42.6 Å². The van der Waals surface area contributed by atoms with Gasteiger partial charge in [-0.1, -0.05) is 20.8 Å². The molecule has 0 radical (unpaired) electrons. The fraction of sp³-hybridized carbons (Fsp3) is 0.200. The van der Waals surface area contributed by atoms with Gasteiger partial charge in [0.15, 0.2) is 5.82 Å². The van der Waals surface area contributed by atoms with Gasteiger partial charge in [-0.25, -0.2) is 9.18 Å². The zero-order valence-electron chi connectivity index (χ0n) is 16.6. The summed E-state index contributed by atoms with van der Waals surface area (Å²) in [6.07, 6.45) is 1.35. The molecule has 30 heavy (non-hydrogen) atoms. The van der Waals surface area contributed by atoms with Gasteiger partial charge in [-0.3, -0.25) is 20.2 Å². The van der Waals surface area contributed by atoms with Gasteiger partial charge in [0.1, 0.15) is 23.0 Å². The summed E-state index contributed by atoms with van der Waals surface area (Å²) in [6.45, 7) is 6.01. The molecule has 0 bridgehead atoms. The van der Waals surface area contributed by atoms with Crippen molar-refractivity contribution in [2.45, 2.75) is 26.2 Å². The Morgan fingerprint density at radius 1 is 1.10 bits per heavy atom. The molecule has 3 amide bonds. The zero-order valence-corrected chi connectivity index (χ0v) is 16.6. The Kier molecular flexibility index (Phi) is 5.67. The lowest BCUT2D eigenvalue weighted by Crippen LogP contribution is -2.20. The fourth-order valence-corrected chi connectivity index (χ4v) is 2.45. The number of hydrogen-bond donors (Lipinski definition) is 4. The van der Waals surface area contributed by atoms with Gasteiger partial charge in [0.2, 0.25) is 0 Å². The number of urea groups is 1. The second-order valence-corrected chi connectivity index (χ2v) is 7.48. The Hall–Kier alpha value is -3.95. The number of pyridine rings is 1. The van der Waals surface area contributed by atoms with E-state index in [1.807, 2.05) is 20.8 Å². The molecule has 0 fully saturated rings. The van der Waals surface area contributed by atoms with Crippen molar-refractivity contribution in [2.75, 3.05) is 10.6 Å². The number of benzene rings is 1. The molecule has 10 heteroatoms. The van der Waals surface area contributed by atoms with E-state index in [2.05, 4.69) is 25.8 Å². The monoisotopic (exact) mass is 412 g/mol. The van der Waals surface area contributed by atoms with Crippen molar-refractivity contribution in [3.63, 3.8) is 0 Å². The number of hydrogen-bond acceptors (Lipinski definition) is 5. The number of anilines is 2. The number of H-pyrrole nitrogens is 1. The number of rotatable bonds is 5. The molecule has 0 aliphatic carbocycles. The van der Waals surface area contributed by atoms with Crippen LogP contribution < -0.4 is 21.1 Å². The third kappa shape index (κ3) is 5.10. The molecule has 156 valence electrons. The Morgan fingerprint density at radius 2 is 1.83 bits per heavy atom. The second kappa shape index (κ2) is 8.19. The topological polar surface area (TPSA) is 135 Å². The van der Waals surface area contributed by atoms with Gasteiger partial charge >= 0.3 is 6.03 Å². The lowest BCUT2D eigenvalue weighted by molar-refractivity contribution is 0.0995. The van der Waals surface area contributed by atoms with Gasteiger partial charge in [-0.15, -0.1) is 0 Å². The van der Waals surface area contributed by atoms with Crippen molar-refractivity contribution >= 4 is 23.4 Å². The van der Waals surface area contributed by atoms with Crippen molar-refractivity contribution in [2.24, 2.45) is 5.73 Å². The van der Waals surface area contributed by atoms with Crippen LogP contribution in [0.5, 0.6) is 11.5 Å². The number of carbonyl (C=O) groups is 2. The lowest BCUT2D eigenvalue weighted by atomic mass is 9.92. The summed E-state index contributed by atoms with van der Waals surface area (Å²) in [5.74, 6) is -0.652. The molecule has 9 nitrogen and oxygen atoms in total. The second-order valence-electron chi connectivity index (χ2n) is 7.48. The van der Waals surface area contributed by atoms with Crippen molar-refractivity contribution < 1.29 is 18.7 Å². The van der Waals surface area contributed by atoms with Crippen LogP contribution in [0.2, 0.25) is 0 Å². The van der Waals surface area contributed by atoms with Crippen LogP contribution in [0.4, 0.5) is 20.7 Å². The first kappa shape index (κ1) is 20.8. The summed E-state index contributed by atoms with van der Waals surface area (Å²) in [7, 11) is 0. The number of nitrogens with two attached hydrogens (primary N) is 1. The summed E-state index contributed by atoms with van der Waals surface area (Å²) >= 11 is 0. The Morgan fingerprint density at radius 3 is 2.47 bits per heavy atom. The van der Waals surface area contributed by atoms with Gasteiger partial charge in [0.05, 0.1) is 5.69 Å². The summed E-state index contributed by atoms with van der Waals surface area (Å²) in [6, 6.07) is 7.83. The van der Waals surface area contributed by atoms with Crippen molar-refractivity contribution in [1.29, 1.82) is 0 Å². The first-order chi connectivity index (χ1) is 14.1. The summed E-state index contributed by atoms with van der Waals surface area (Å²) < 4.78 is 19.9. The number of primary amides is 1. The van der Waals surface area contributed by atoms with E-state index >= 15 is 0 Å². The number of aromatic amines is 1. The van der Waals surface area contributed by atoms with E-state index in [1.165, 1.54) is 30.5 Å². The molecular formula is C20H21FN6O3. The number of nitrogens with zero attached hydrogens (tertiary/aromatic N) is 2. The van der Waals surface area contributed by atoms with Gasteiger partial charge < -0.3 is 15.8 Å². The van der Waals surface area contributed by atoms with E-state index in [0.717, 1.165) is 11.8 Å². The molecule has 0 saturated carbocycles. The first-order valence-corrected chi connectivity index (χ1v) is 8.99. The van der Waals surface area contributed by atoms with E-state index in [0.29, 0.717) is 5.82 Å². The molecule has 5 N–H and O–H groups in total. The third-order valence-corrected chi connectivity index (χ3v) is 4.04. The Labute approximate surface area is 171 Å². The first-order valence-electron chi connectivity index (χ1n) is 8.99. The largest absolute Gasteiger partial charge is 0.457 e. The Balaban J connectivity index is 1.65. The lowest BCUT2D eigenvalue weighted by Gasteiger charge is -2.14. The molecule has 0 unspecified atom stereocenters. The van der Waals surface area contributed by atoms with Crippen molar-refractivity contribution in [3.05, 3.63) is 59.8 Å². The predicted molar refractivity (Wildman–Crippen MR) is 109 cm³/mol. The minimum absolute atomic E-state index is 0.0240. The van der Waals surface area contributed by atoms with Gasteiger partial charge in [-0.2, -0.15) is 5.10 Å². The van der Waals surface area contributed by atoms with Crippen LogP contribution in [-0.2, 0) is 5.41 Å². The van der Waals surface area contributed by atoms with Crippen LogP contribution in [0.1, 0.15) is 37.0 Å². The minimum atomic E-state index is -0.705. The molecule has 0 aliphatic rings. The summed E-state index contributed by atoms with van der Waals surface area (Å²) in [5, 5.41) is 11.8. The highest BCUT2D eigenvalue weighted by atomic mass is 19.1. The maximum Gasteiger partial charge on any atom is 0.324 e. The van der Waals surface area contributed by atoms with E-state index in [1.54, 1.807) is 6.07 Å². The van der Waals surface area contributed by atoms with E-state index in [-0.39, 0.29) is 28.3 Å². The summed E-state index contributed by atoms with van der Waals surface area (Å²) in [4.78, 5) is 27.1. The quantitative estimate of drug-likeness (QED) is 0.506. The van der Waals surface area contributed by atoms with Crippen molar-refractivity contribution in [1.82, 2.24) is 15.2 Å². The van der Waals surface area contributed by atoms with Gasteiger partial charge in [0.25, 0.3) is 5.91 Å². The molecule has 0 spiro atoms. The third-order valence-electron chi connectivity index (χ3n) is 4.04. The average Bonchev–Trinajstić information content (AvgIpc) is 3.13. The zero-order chi connectivity index (χ0) is 21.9. The standard InChI is InChI=1S/C20H21FN6O3/c1-20(2,3)16-10-17(27-26-16)25-19(29)24-14-5-4-11(8-13(14)21)30-12-6-7-23-15(9-12)18(22)28/h4-10H,1-3H3,(H2,22,28)(H3,24,25,26,27,29). The molecule has 0 saturated heterocycles. The van der Waals surface area contributed by atoms with Crippen LogP contribution in [-0.4, -0.2) is 27.1 Å². The summed E-state index contributed by atoms with van der Waals surface area (Å²) in [5.41, 5.74) is 5.85. The smallest absolute Gasteiger partial charge is 0.324 e. The average molecular weight is 412 g/mol. The number of aromatic nitrogens is 3. The number of nitrogens with one attached hydrogen (secondary N) is 3. The SMILES string of the molecule is CC(C)(C)c1cc(NC(=O)Nc2ccc(Oc3ccnc(C(N)=O)c3)cc2F)n[nH]1. The number of carbonyl (C=O) groups excluding carboxylic acids is 2. The molecule has 0 aliphatic heterocycles. The molecule has 2 aromatic heterocycles. The minimum Gasteiger partial charge on any atom is -0.457 e. The molecule has 3 aromatic rings. The highest BCUT2D eigenvalue weighted by Gasteiger charge is 2.18. The maximum atomic E-state index is 14.4. The molecule has 2 heterocycles. The molecular weight excluding hydrogens is 391 g/mol. The van der Waals surface area contributed by atoms with Gasteiger partial charge in [0, 0.05) is 35.5 Å².